The van der Waals surface area contributed by atoms with Gasteiger partial charge in [-0.25, -0.2) is 8.78 Å². The number of rotatable bonds is 6. The highest BCUT2D eigenvalue weighted by atomic mass is 19.3. The molecule has 0 unspecified atom stereocenters. The smallest absolute Gasteiger partial charge is 0.270 e. The summed E-state index contributed by atoms with van der Waals surface area (Å²) in [5, 5.41) is 4.39. The second-order valence-electron chi connectivity index (χ2n) is 7.04. The molecule has 3 rings (SSSR count). The van der Waals surface area contributed by atoms with Gasteiger partial charge in [-0.05, 0) is 55.2 Å². The molecule has 1 heterocycles. The van der Waals surface area contributed by atoms with Crippen LogP contribution in [0.1, 0.15) is 44.0 Å². The van der Waals surface area contributed by atoms with Crippen LogP contribution in [0, 0.1) is 11.8 Å². The fourth-order valence-electron chi connectivity index (χ4n) is 3.37. The molecule has 0 aliphatic rings. The fourth-order valence-corrected chi connectivity index (χ4v) is 3.37. The quantitative estimate of drug-likeness (QED) is 0.505. The van der Waals surface area contributed by atoms with Gasteiger partial charge in [0.25, 0.3) is 5.92 Å². The maximum Gasteiger partial charge on any atom is 0.270 e. The van der Waals surface area contributed by atoms with E-state index in [1.54, 1.807) is 12.1 Å². The third kappa shape index (κ3) is 4.54. The van der Waals surface area contributed by atoms with Crippen molar-refractivity contribution in [2.24, 2.45) is 0 Å². The standard InChI is InChI=1S/C24H26F2N2/c1-4-7-18-9-14-23-19(16-18)17-22(28(23)5-2)8-6-15-27-21-12-10-20(11-13-21)24(3,25)26/h9-14,16-17,27H,4-5,7,15H2,1-3H3. The number of benzene rings is 2. The van der Waals surface area contributed by atoms with E-state index in [2.05, 4.69) is 59.8 Å². The van der Waals surface area contributed by atoms with Crippen LogP contribution in [-0.2, 0) is 18.9 Å². The number of aryl methyl sites for hydroxylation is 2. The van der Waals surface area contributed by atoms with E-state index in [0.29, 0.717) is 6.54 Å². The molecule has 2 aromatic carbocycles. The normalized spacial score (nSPS) is 11.3. The van der Waals surface area contributed by atoms with Crippen LogP contribution in [0.4, 0.5) is 14.5 Å². The molecular weight excluding hydrogens is 354 g/mol. The summed E-state index contributed by atoms with van der Waals surface area (Å²) >= 11 is 0. The van der Waals surface area contributed by atoms with Gasteiger partial charge in [0.05, 0.1) is 12.2 Å². The first-order chi connectivity index (χ1) is 13.4. The number of aromatic nitrogens is 1. The minimum absolute atomic E-state index is 0.0130. The molecule has 1 N–H and O–H groups in total. The third-order valence-corrected chi connectivity index (χ3v) is 4.81. The number of halogens is 2. The van der Waals surface area contributed by atoms with E-state index in [-0.39, 0.29) is 5.56 Å². The Balaban J connectivity index is 1.72. The molecule has 4 heteroatoms. The van der Waals surface area contributed by atoms with E-state index < -0.39 is 5.92 Å². The summed E-state index contributed by atoms with van der Waals surface area (Å²) in [6, 6.07) is 15.0. The Bertz CT molecular complexity index is 999. The van der Waals surface area contributed by atoms with Crippen molar-refractivity contribution in [2.75, 3.05) is 11.9 Å². The number of anilines is 1. The van der Waals surface area contributed by atoms with Crippen molar-refractivity contribution in [2.45, 2.75) is 46.1 Å². The molecule has 0 bridgehead atoms. The molecule has 0 radical (unpaired) electrons. The summed E-state index contributed by atoms with van der Waals surface area (Å²) in [7, 11) is 0. The van der Waals surface area contributed by atoms with Crippen LogP contribution < -0.4 is 5.32 Å². The molecule has 0 spiro atoms. The van der Waals surface area contributed by atoms with E-state index in [1.807, 2.05) is 0 Å². The van der Waals surface area contributed by atoms with E-state index in [9.17, 15) is 8.78 Å². The first-order valence-electron chi connectivity index (χ1n) is 9.75. The zero-order chi connectivity index (χ0) is 20.1. The Morgan fingerprint density at radius 1 is 1.04 bits per heavy atom. The molecule has 2 nitrogen and oxygen atoms in total. The van der Waals surface area contributed by atoms with Crippen molar-refractivity contribution in [3.05, 3.63) is 65.4 Å². The van der Waals surface area contributed by atoms with Gasteiger partial charge in [0.2, 0.25) is 0 Å². The van der Waals surface area contributed by atoms with Gasteiger partial charge < -0.3 is 9.88 Å². The van der Waals surface area contributed by atoms with Crippen LogP contribution in [0.15, 0.2) is 48.5 Å². The molecular formula is C24H26F2N2. The topological polar surface area (TPSA) is 17.0 Å². The summed E-state index contributed by atoms with van der Waals surface area (Å²) in [4.78, 5) is 0. The average molecular weight is 380 g/mol. The lowest BCUT2D eigenvalue weighted by Gasteiger charge is -2.11. The van der Waals surface area contributed by atoms with Gasteiger partial charge in [0, 0.05) is 35.6 Å². The molecule has 0 aliphatic heterocycles. The van der Waals surface area contributed by atoms with Gasteiger partial charge in [-0.3, -0.25) is 0 Å². The van der Waals surface area contributed by atoms with Crippen LogP contribution in [0.5, 0.6) is 0 Å². The number of alkyl halides is 2. The van der Waals surface area contributed by atoms with Crippen molar-refractivity contribution < 1.29 is 8.78 Å². The largest absolute Gasteiger partial charge is 0.374 e. The molecule has 0 saturated heterocycles. The van der Waals surface area contributed by atoms with Gasteiger partial charge in [-0.1, -0.05) is 37.5 Å². The van der Waals surface area contributed by atoms with Crippen molar-refractivity contribution in [3.63, 3.8) is 0 Å². The van der Waals surface area contributed by atoms with Crippen molar-refractivity contribution >= 4 is 16.6 Å². The Hall–Kier alpha value is -2.80. The van der Waals surface area contributed by atoms with Crippen molar-refractivity contribution in [1.82, 2.24) is 4.57 Å². The van der Waals surface area contributed by atoms with Gasteiger partial charge >= 0.3 is 0 Å². The SMILES string of the molecule is CCCc1ccc2c(c1)cc(C#CCNc1ccc(C(C)(F)F)cc1)n2CC. The predicted molar refractivity (Wildman–Crippen MR) is 113 cm³/mol. The van der Waals surface area contributed by atoms with E-state index in [4.69, 9.17) is 0 Å². The predicted octanol–water partition coefficient (Wildman–Crippen LogP) is 6.19. The third-order valence-electron chi connectivity index (χ3n) is 4.81. The van der Waals surface area contributed by atoms with Crippen molar-refractivity contribution in [1.29, 1.82) is 0 Å². The number of hydrogen-bond acceptors (Lipinski definition) is 1. The van der Waals surface area contributed by atoms with E-state index in [1.165, 1.54) is 28.6 Å². The molecule has 1 aromatic heterocycles. The van der Waals surface area contributed by atoms with E-state index >= 15 is 0 Å². The molecule has 0 saturated carbocycles. The summed E-state index contributed by atoms with van der Waals surface area (Å²) in [5.41, 5.74) is 4.34. The monoisotopic (exact) mass is 380 g/mol. The first-order valence-corrected chi connectivity index (χ1v) is 9.75. The number of nitrogens with zero attached hydrogens (tertiary/aromatic N) is 1. The fraction of sp³-hybridized carbons (Fsp3) is 0.333. The second-order valence-corrected chi connectivity index (χ2v) is 7.04. The summed E-state index contributed by atoms with van der Waals surface area (Å²) in [6.07, 6.45) is 2.22. The highest BCUT2D eigenvalue weighted by Gasteiger charge is 2.23. The average Bonchev–Trinajstić information content (AvgIpc) is 3.01. The van der Waals surface area contributed by atoms with Gasteiger partial charge in [0.1, 0.15) is 0 Å². The van der Waals surface area contributed by atoms with Crippen LogP contribution >= 0.6 is 0 Å². The Morgan fingerprint density at radius 2 is 1.79 bits per heavy atom. The lowest BCUT2D eigenvalue weighted by Crippen LogP contribution is -2.07. The zero-order valence-corrected chi connectivity index (χ0v) is 16.7. The molecule has 0 atom stereocenters. The zero-order valence-electron chi connectivity index (χ0n) is 16.7. The molecule has 3 aromatic rings. The van der Waals surface area contributed by atoms with Crippen LogP contribution in [0.2, 0.25) is 0 Å². The molecule has 0 aliphatic carbocycles. The maximum atomic E-state index is 13.3. The van der Waals surface area contributed by atoms with E-state index in [0.717, 1.165) is 37.7 Å². The molecule has 28 heavy (non-hydrogen) atoms. The number of fused-ring (bicyclic) bond motifs is 1. The minimum atomic E-state index is -2.82. The summed E-state index contributed by atoms with van der Waals surface area (Å²) in [5.74, 6) is 3.57. The lowest BCUT2D eigenvalue weighted by molar-refractivity contribution is 0.0175. The highest BCUT2D eigenvalue weighted by molar-refractivity contribution is 5.83. The molecule has 0 fully saturated rings. The highest BCUT2D eigenvalue weighted by Crippen LogP contribution is 2.27. The first kappa shape index (κ1) is 19.9. The van der Waals surface area contributed by atoms with Gasteiger partial charge in [0.15, 0.2) is 0 Å². The Kier molecular flexibility index (Phi) is 6.04. The summed E-state index contributed by atoms with van der Waals surface area (Å²) in [6.45, 7) is 6.52. The van der Waals surface area contributed by atoms with Crippen LogP contribution in [0.3, 0.4) is 0 Å². The van der Waals surface area contributed by atoms with Crippen LogP contribution in [0.25, 0.3) is 10.9 Å². The second kappa shape index (κ2) is 8.48. The van der Waals surface area contributed by atoms with Crippen molar-refractivity contribution in [3.8, 4) is 11.8 Å². The number of nitrogens with one attached hydrogen (secondary N) is 1. The minimum Gasteiger partial charge on any atom is -0.374 e. The van der Waals surface area contributed by atoms with Gasteiger partial charge in [-0.2, -0.15) is 0 Å². The number of hydrogen-bond donors (Lipinski definition) is 1. The maximum absolute atomic E-state index is 13.3. The molecule has 0 amide bonds. The lowest BCUT2D eigenvalue weighted by atomic mass is 10.1. The molecule has 146 valence electrons. The Morgan fingerprint density at radius 3 is 2.43 bits per heavy atom. The van der Waals surface area contributed by atoms with Crippen LogP contribution in [-0.4, -0.2) is 11.1 Å². The summed E-state index contributed by atoms with van der Waals surface area (Å²) < 4.78 is 28.7. The van der Waals surface area contributed by atoms with Gasteiger partial charge in [-0.15, -0.1) is 0 Å². The Labute approximate surface area is 165 Å².